The third kappa shape index (κ3) is 5.79. The number of carbonyl (C=O) groups is 2. The molecule has 1 aliphatic carbocycles. The maximum atomic E-state index is 12.1. The maximum Gasteiger partial charge on any atom is 0.267 e. The summed E-state index contributed by atoms with van der Waals surface area (Å²) in [6.07, 6.45) is 10.9. The zero-order valence-electron chi connectivity index (χ0n) is 13.1. The summed E-state index contributed by atoms with van der Waals surface area (Å²) >= 11 is 0. The van der Waals surface area contributed by atoms with Crippen LogP contribution in [0.5, 0.6) is 0 Å². The zero-order valence-corrected chi connectivity index (χ0v) is 13.1. The van der Waals surface area contributed by atoms with Gasteiger partial charge in [0.05, 0.1) is 0 Å². The van der Waals surface area contributed by atoms with Crippen molar-refractivity contribution < 1.29 is 14.8 Å². The van der Waals surface area contributed by atoms with Crippen molar-refractivity contribution in [3.05, 3.63) is 41.5 Å². The summed E-state index contributed by atoms with van der Waals surface area (Å²) in [5.41, 5.74) is 2.90. The molecule has 2 rings (SSSR count). The molecule has 5 heteroatoms. The van der Waals surface area contributed by atoms with E-state index in [1.165, 1.54) is 43.7 Å². The Morgan fingerprint density at radius 3 is 2.52 bits per heavy atom. The van der Waals surface area contributed by atoms with E-state index >= 15 is 0 Å². The molecule has 1 aliphatic rings. The van der Waals surface area contributed by atoms with Gasteiger partial charge in [-0.3, -0.25) is 19.8 Å². The quantitative estimate of drug-likeness (QED) is 0.278. The molecule has 0 bridgehead atoms. The van der Waals surface area contributed by atoms with Crippen LogP contribution in [-0.2, 0) is 4.79 Å². The topological polar surface area (TPSA) is 78.8 Å². The number of hydroxylamine groups is 1. The number of aliphatic imine (C=N–C) groups is 1. The number of benzene rings is 1. The summed E-state index contributed by atoms with van der Waals surface area (Å²) in [6.45, 7) is 0.179. The van der Waals surface area contributed by atoms with E-state index in [-0.39, 0.29) is 12.3 Å². The van der Waals surface area contributed by atoms with Gasteiger partial charge in [-0.05, 0) is 30.4 Å². The van der Waals surface area contributed by atoms with E-state index in [2.05, 4.69) is 4.99 Å². The molecule has 23 heavy (non-hydrogen) atoms. The Morgan fingerprint density at radius 1 is 1.17 bits per heavy atom. The van der Waals surface area contributed by atoms with Crippen molar-refractivity contribution in [2.24, 2.45) is 10.9 Å². The van der Waals surface area contributed by atoms with Gasteiger partial charge in [-0.15, -0.1) is 0 Å². The molecule has 2 N–H and O–H groups in total. The average molecular weight is 314 g/mol. The minimum absolute atomic E-state index is 0.0132. The molecule has 0 spiro atoms. The number of hydrogen-bond donors (Lipinski definition) is 2. The standard InChI is InChI=1S/C18H22N2O3/c21-17(13-19-12-15-4-2-1-3-5-15)16-9-6-14(7-10-16)8-11-18(22)20-23/h6-12,15,23H,1-5,13H2,(H,20,22)/b11-8+,19-12?. The van der Waals surface area contributed by atoms with Crippen molar-refractivity contribution in [2.75, 3.05) is 6.54 Å². The van der Waals surface area contributed by atoms with Gasteiger partial charge in [0.2, 0.25) is 0 Å². The van der Waals surface area contributed by atoms with Gasteiger partial charge in [-0.25, -0.2) is 5.48 Å². The molecular formula is C18H22N2O3. The lowest BCUT2D eigenvalue weighted by molar-refractivity contribution is -0.124. The predicted octanol–water partition coefficient (Wildman–Crippen LogP) is 3.04. The van der Waals surface area contributed by atoms with Crippen molar-refractivity contribution in [2.45, 2.75) is 32.1 Å². The van der Waals surface area contributed by atoms with Crippen LogP contribution in [0.25, 0.3) is 6.08 Å². The van der Waals surface area contributed by atoms with Crippen molar-refractivity contribution in [3.8, 4) is 0 Å². The van der Waals surface area contributed by atoms with Crippen LogP contribution in [0, 0.1) is 5.92 Å². The number of nitrogens with zero attached hydrogens (tertiary/aromatic N) is 1. The van der Waals surface area contributed by atoms with Crippen LogP contribution in [0.15, 0.2) is 35.3 Å². The van der Waals surface area contributed by atoms with Crippen LogP contribution in [0.3, 0.4) is 0 Å². The fourth-order valence-electron chi connectivity index (χ4n) is 2.65. The van der Waals surface area contributed by atoms with E-state index in [1.54, 1.807) is 30.3 Å². The van der Waals surface area contributed by atoms with E-state index in [0.717, 1.165) is 5.56 Å². The third-order valence-electron chi connectivity index (χ3n) is 3.97. The molecule has 0 atom stereocenters. The van der Waals surface area contributed by atoms with Gasteiger partial charge in [-0.1, -0.05) is 43.5 Å². The van der Waals surface area contributed by atoms with Gasteiger partial charge in [0.1, 0.15) is 6.54 Å². The summed E-state index contributed by atoms with van der Waals surface area (Å²) in [4.78, 5) is 27.3. The highest BCUT2D eigenvalue weighted by Crippen LogP contribution is 2.21. The van der Waals surface area contributed by atoms with Gasteiger partial charge in [0.25, 0.3) is 5.91 Å². The number of Topliss-reactive ketones (excluding diaryl/α,β-unsaturated/α-hetero) is 1. The molecule has 0 aliphatic heterocycles. The van der Waals surface area contributed by atoms with E-state index in [1.807, 2.05) is 6.21 Å². The maximum absolute atomic E-state index is 12.1. The number of nitrogens with one attached hydrogen (secondary N) is 1. The van der Waals surface area contributed by atoms with E-state index in [9.17, 15) is 9.59 Å². The molecule has 0 saturated heterocycles. The van der Waals surface area contributed by atoms with Gasteiger partial charge in [0, 0.05) is 17.9 Å². The first-order valence-corrected chi connectivity index (χ1v) is 7.94. The van der Waals surface area contributed by atoms with Crippen LogP contribution in [0.1, 0.15) is 48.0 Å². The SMILES string of the molecule is O=C(/C=C/c1ccc(C(=O)CN=CC2CCCCC2)cc1)NO. The molecule has 0 radical (unpaired) electrons. The second-order valence-electron chi connectivity index (χ2n) is 5.74. The molecular weight excluding hydrogens is 292 g/mol. The number of carbonyl (C=O) groups excluding carboxylic acids is 2. The number of hydrogen-bond acceptors (Lipinski definition) is 4. The van der Waals surface area contributed by atoms with E-state index in [0.29, 0.717) is 11.5 Å². The Morgan fingerprint density at radius 2 is 1.87 bits per heavy atom. The highest BCUT2D eigenvalue weighted by Gasteiger charge is 2.11. The predicted molar refractivity (Wildman–Crippen MR) is 89.7 cm³/mol. The van der Waals surface area contributed by atoms with Crippen LogP contribution in [0.4, 0.5) is 0 Å². The average Bonchev–Trinajstić information content (AvgIpc) is 2.61. The highest BCUT2D eigenvalue weighted by molar-refractivity contribution is 5.98. The monoisotopic (exact) mass is 314 g/mol. The lowest BCUT2D eigenvalue weighted by Crippen LogP contribution is -2.14. The molecule has 0 unspecified atom stereocenters. The Kier molecular flexibility index (Phi) is 6.69. The van der Waals surface area contributed by atoms with Crippen LogP contribution in [-0.4, -0.2) is 29.7 Å². The molecule has 1 aromatic carbocycles. The Balaban J connectivity index is 1.86. The third-order valence-corrected chi connectivity index (χ3v) is 3.97. The fraction of sp³-hybridized carbons (Fsp3) is 0.389. The summed E-state index contributed by atoms with van der Waals surface area (Å²) < 4.78 is 0. The van der Waals surface area contributed by atoms with Gasteiger partial charge in [0.15, 0.2) is 5.78 Å². The van der Waals surface area contributed by atoms with Crippen LogP contribution < -0.4 is 5.48 Å². The van der Waals surface area contributed by atoms with Crippen LogP contribution >= 0.6 is 0 Å². The summed E-state index contributed by atoms with van der Waals surface area (Å²) in [5.74, 6) is -0.0790. The number of amides is 1. The molecule has 0 aromatic heterocycles. The normalized spacial score (nSPS) is 16.0. The first kappa shape index (κ1) is 17.1. The van der Waals surface area contributed by atoms with Crippen molar-refractivity contribution in [1.29, 1.82) is 0 Å². The molecule has 1 aromatic rings. The van der Waals surface area contributed by atoms with E-state index in [4.69, 9.17) is 5.21 Å². The fourth-order valence-corrected chi connectivity index (χ4v) is 2.65. The minimum Gasteiger partial charge on any atom is -0.292 e. The second kappa shape index (κ2) is 9.00. The molecule has 122 valence electrons. The lowest BCUT2D eigenvalue weighted by atomic mass is 9.90. The lowest BCUT2D eigenvalue weighted by Gasteiger charge is -2.16. The minimum atomic E-state index is -0.595. The second-order valence-corrected chi connectivity index (χ2v) is 5.74. The summed E-state index contributed by atoms with van der Waals surface area (Å²) in [6, 6.07) is 6.93. The Hall–Kier alpha value is -2.27. The molecule has 1 amide bonds. The largest absolute Gasteiger partial charge is 0.292 e. The van der Waals surface area contributed by atoms with Crippen molar-refractivity contribution in [3.63, 3.8) is 0 Å². The van der Waals surface area contributed by atoms with Crippen molar-refractivity contribution in [1.82, 2.24) is 5.48 Å². The van der Waals surface area contributed by atoms with E-state index < -0.39 is 5.91 Å². The summed E-state index contributed by atoms with van der Waals surface area (Å²) in [5, 5.41) is 8.40. The Labute approximate surface area is 136 Å². The number of ketones is 1. The Bertz CT molecular complexity index is 585. The zero-order chi connectivity index (χ0) is 16.5. The molecule has 0 heterocycles. The molecule has 1 fully saturated rings. The first-order valence-electron chi connectivity index (χ1n) is 7.94. The highest BCUT2D eigenvalue weighted by atomic mass is 16.5. The van der Waals surface area contributed by atoms with Gasteiger partial charge in [-0.2, -0.15) is 0 Å². The molecule has 1 saturated carbocycles. The smallest absolute Gasteiger partial charge is 0.267 e. The first-order chi connectivity index (χ1) is 11.2. The summed E-state index contributed by atoms with van der Waals surface area (Å²) in [7, 11) is 0. The van der Waals surface area contributed by atoms with Gasteiger partial charge < -0.3 is 0 Å². The van der Waals surface area contributed by atoms with Crippen molar-refractivity contribution >= 4 is 24.0 Å². The van der Waals surface area contributed by atoms with Gasteiger partial charge >= 0.3 is 0 Å². The molecule has 5 nitrogen and oxygen atoms in total. The van der Waals surface area contributed by atoms with Crippen LogP contribution in [0.2, 0.25) is 0 Å². The number of rotatable bonds is 6.